The number of rotatable bonds is 3. The molecule has 2 N–H and O–H groups in total. The van der Waals surface area contributed by atoms with Gasteiger partial charge in [-0.1, -0.05) is 22.9 Å². The van der Waals surface area contributed by atoms with E-state index in [1.54, 1.807) is 11.0 Å². The van der Waals surface area contributed by atoms with Gasteiger partial charge in [-0.05, 0) is 24.6 Å². The van der Waals surface area contributed by atoms with Crippen molar-refractivity contribution in [2.45, 2.75) is 19.4 Å². The highest BCUT2D eigenvalue weighted by Gasteiger charge is 2.23. The minimum Gasteiger partial charge on any atom is -0.478 e. The first-order chi connectivity index (χ1) is 9.99. The fourth-order valence-corrected chi connectivity index (χ4v) is 2.63. The highest BCUT2D eigenvalue weighted by atomic mass is 79.9. The number of carbonyl (C=O) groups is 2. The van der Waals surface area contributed by atoms with Crippen LogP contribution in [0.4, 0.5) is 10.5 Å². The van der Waals surface area contributed by atoms with E-state index in [1.165, 1.54) is 12.1 Å². The van der Waals surface area contributed by atoms with Crippen LogP contribution in [0.2, 0.25) is 0 Å². The number of ether oxygens (including phenoxy) is 1. The van der Waals surface area contributed by atoms with Gasteiger partial charge >= 0.3 is 12.0 Å². The van der Waals surface area contributed by atoms with E-state index in [2.05, 4.69) is 21.2 Å². The topological polar surface area (TPSA) is 78.9 Å². The van der Waals surface area contributed by atoms with Crippen molar-refractivity contribution in [1.29, 1.82) is 0 Å². The fraction of sp³-hybridized carbons (Fsp3) is 0.429. The summed E-state index contributed by atoms with van der Waals surface area (Å²) in [5.74, 6) is -1.04. The van der Waals surface area contributed by atoms with Gasteiger partial charge in [0.05, 0.1) is 18.3 Å². The molecule has 1 saturated heterocycles. The third-order valence-electron chi connectivity index (χ3n) is 3.28. The molecule has 1 aromatic rings. The molecule has 0 saturated carbocycles. The lowest BCUT2D eigenvalue weighted by Crippen LogP contribution is -2.47. The van der Waals surface area contributed by atoms with E-state index >= 15 is 0 Å². The number of carbonyl (C=O) groups excluding carboxylic acids is 1. The van der Waals surface area contributed by atoms with Crippen molar-refractivity contribution in [2.75, 3.05) is 25.0 Å². The van der Waals surface area contributed by atoms with E-state index in [0.29, 0.717) is 29.9 Å². The summed E-state index contributed by atoms with van der Waals surface area (Å²) in [6, 6.07) is 4.34. The van der Waals surface area contributed by atoms with Crippen LogP contribution in [-0.4, -0.2) is 47.8 Å². The molecule has 1 aliphatic heterocycles. The maximum atomic E-state index is 12.2. The first kappa shape index (κ1) is 15.8. The van der Waals surface area contributed by atoms with Gasteiger partial charge in [0.1, 0.15) is 0 Å². The Kier molecular flexibility index (Phi) is 5.19. The van der Waals surface area contributed by atoms with E-state index in [0.717, 1.165) is 6.42 Å². The smallest absolute Gasteiger partial charge is 0.335 e. The Morgan fingerprint density at radius 1 is 1.48 bits per heavy atom. The number of nitrogens with one attached hydrogen (secondary N) is 1. The van der Waals surface area contributed by atoms with Crippen molar-refractivity contribution in [3.05, 3.63) is 28.2 Å². The summed E-state index contributed by atoms with van der Waals surface area (Å²) in [6.45, 7) is 3.61. The van der Waals surface area contributed by atoms with Crippen molar-refractivity contribution in [3.63, 3.8) is 0 Å². The highest BCUT2D eigenvalue weighted by Crippen LogP contribution is 2.20. The van der Waals surface area contributed by atoms with Crippen molar-refractivity contribution < 1.29 is 19.4 Å². The Morgan fingerprint density at radius 3 is 2.90 bits per heavy atom. The van der Waals surface area contributed by atoms with E-state index in [1.807, 2.05) is 6.92 Å². The molecule has 0 bridgehead atoms. The predicted octanol–water partition coefficient (Wildman–Crippen LogP) is 2.79. The molecule has 1 heterocycles. The number of urea groups is 1. The van der Waals surface area contributed by atoms with Gasteiger partial charge in [-0.3, -0.25) is 0 Å². The van der Waals surface area contributed by atoms with Gasteiger partial charge in [-0.2, -0.15) is 0 Å². The molecule has 2 rings (SSSR count). The molecule has 1 atom stereocenters. The van der Waals surface area contributed by atoms with Gasteiger partial charge in [-0.15, -0.1) is 0 Å². The van der Waals surface area contributed by atoms with E-state index in [4.69, 9.17) is 9.84 Å². The number of carboxylic acid groups (broad SMARTS) is 1. The Labute approximate surface area is 131 Å². The molecule has 1 aromatic carbocycles. The molecule has 0 aliphatic carbocycles. The first-order valence-electron chi connectivity index (χ1n) is 6.71. The number of aromatic carboxylic acids is 1. The zero-order valence-electron chi connectivity index (χ0n) is 11.6. The van der Waals surface area contributed by atoms with Crippen LogP contribution in [0.3, 0.4) is 0 Å². The molecule has 1 aliphatic rings. The van der Waals surface area contributed by atoms with Crippen molar-refractivity contribution in [2.24, 2.45) is 0 Å². The van der Waals surface area contributed by atoms with Gasteiger partial charge in [0, 0.05) is 23.2 Å². The summed E-state index contributed by atoms with van der Waals surface area (Å²) in [7, 11) is 0. The van der Waals surface area contributed by atoms with Crippen molar-refractivity contribution in [3.8, 4) is 0 Å². The summed E-state index contributed by atoms with van der Waals surface area (Å²) in [4.78, 5) is 24.9. The second-order valence-corrected chi connectivity index (χ2v) is 5.73. The molecule has 7 heteroatoms. The Morgan fingerprint density at radius 2 is 2.24 bits per heavy atom. The lowest BCUT2D eigenvalue weighted by Gasteiger charge is -2.32. The number of anilines is 1. The van der Waals surface area contributed by atoms with Crippen LogP contribution in [0.25, 0.3) is 0 Å². The van der Waals surface area contributed by atoms with Crippen LogP contribution in [0.5, 0.6) is 0 Å². The van der Waals surface area contributed by atoms with Gasteiger partial charge in [0.25, 0.3) is 0 Å². The number of morpholine rings is 1. The second kappa shape index (κ2) is 6.91. The molecule has 21 heavy (non-hydrogen) atoms. The standard InChI is InChI=1S/C14H17BrN2O4/c1-2-12-8-17(3-4-21-12)14(20)16-11-6-9(13(18)19)5-10(15)7-11/h5-7,12H,2-4,8H2,1H3,(H,16,20)(H,18,19). The predicted molar refractivity (Wildman–Crippen MR) is 81.7 cm³/mol. The highest BCUT2D eigenvalue weighted by molar-refractivity contribution is 9.10. The monoisotopic (exact) mass is 356 g/mol. The van der Waals surface area contributed by atoms with E-state index < -0.39 is 5.97 Å². The van der Waals surface area contributed by atoms with Crippen LogP contribution in [-0.2, 0) is 4.74 Å². The van der Waals surface area contributed by atoms with Gasteiger partial charge < -0.3 is 20.1 Å². The third kappa shape index (κ3) is 4.18. The van der Waals surface area contributed by atoms with Crippen molar-refractivity contribution >= 4 is 33.6 Å². The average Bonchev–Trinajstić information content (AvgIpc) is 2.46. The number of halogens is 1. The van der Waals surface area contributed by atoms with Crippen LogP contribution in [0.1, 0.15) is 23.7 Å². The maximum Gasteiger partial charge on any atom is 0.335 e. The number of hydrogen-bond donors (Lipinski definition) is 2. The Hall–Kier alpha value is -1.60. The molecular weight excluding hydrogens is 340 g/mol. The Bertz CT molecular complexity index is 550. The van der Waals surface area contributed by atoms with E-state index in [-0.39, 0.29) is 17.7 Å². The van der Waals surface area contributed by atoms with Crippen LogP contribution >= 0.6 is 15.9 Å². The van der Waals surface area contributed by atoms with Crippen LogP contribution < -0.4 is 5.32 Å². The average molecular weight is 357 g/mol. The number of benzene rings is 1. The van der Waals surface area contributed by atoms with Crippen molar-refractivity contribution in [1.82, 2.24) is 4.90 Å². The molecule has 0 aromatic heterocycles. The Balaban J connectivity index is 2.07. The molecule has 114 valence electrons. The van der Waals surface area contributed by atoms with Gasteiger partial charge in [-0.25, -0.2) is 9.59 Å². The van der Waals surface area contributed by atoms with E-state index in [9.17, 15) is 9.59 Å². The lowest BCUT2D eigenvalue weighted by atomic mass is 10.2. The number of nitrogens with zero attached hydrogens (tertiary/aromatic N) is 1. The van der Waals surface area contributed by atoms with Gasteiger partial charge in [0.15, 0.2) is 0 Å². The van der Waals surface area contributed by atoms with Crippen LogP contribution in [0, 0.1) is 0 Å². The largest absolute Gasteiger partial charge is 0.478 e. The minimum atomic E-state index is -1.04. The quantitative estimate of drug-likeness (QED) is 0.872. The molecule has 2 amide bonds. The summed E-state index contributed by atoms with van der Waals surface area (Å²) in [5, 5.41) is 11.8. The molecular formula is C14H17BrN2O4. The summed E-state index contributed by atoms with van der Waals surface area (Å²) in [5.41, 5.74) is 0.569. The number of carboxylic acids is 1. The number of hydrogen-bond acceptors (Lipinski definition) is 3. The fourth-order valence-electron chi connectivity index (χ4n) is 2.14. The summed E-state index contributed by atoms with van der Waals surface area (Å²) >= 11 is 3.24. The molecule has 0 radical (unpaired) electrons. The lowest BCUT2D eigenvalue weighted by molar-refractivity contribution is -0.0134. The second-order valence-electron chi connectivity index (χ2n) is 4.81. The zero-order valence-corrected chi connectivity index (χ0v) is 13.2. The minimum absolute atomic E-state index is 0.0570. The van der Waals surface area contributed by atoms with Gasteiger partial charge in [0.2, 0.25) is 0 Å². The third-order valence-corrected chi connectivity index (χ3v) is 3.74. The first-order valence-corrected chi connectivity index (χ1v) is 7.50. The zero-order chi connectivity index (χ0) is 15.4. The SMILES string of the molecule is CCC1CN(C(=O)Nc2cc(Br)cc(C(=O)O)c2)CCO1. The maximum absolute atomic E-state index is 12.2. The molecule has 0 spiro atoms. The molecule has 1 fully saturated rings. The van der Waals surface area contributed by atoms with Crippen LogP contribution in [0.15, 0.2) is 22.7 Å². The molecule has 6 nitrogen and oxygen atoms in total. The summed E-state index contributed by atoms with van der Waals surface area (Å²) < 4.78 is 6.12. The normalized spacial score (nSPS) is 18.4. The summed E-state index contributed by atoms with van der Waals surface area (Å²) in [6.07, 6.45) is 0.908. The molecule has 1 unspecified atom stereocenters. The number of amides is 2.